The fourth-order valence-corrected chi connectivity index (χ4v) is 4.33. The Kier molecular flexibility index (Phi) is 6.50. The lowest BCUT2D eigenvalue weighted by atomic mass is 10.1. The van der Waals surface area contributed by atoms with E-state index in [-0.39, 0.29) is 30.0 Å². The molecule has 8 nitrogen and oxygen atoms in total. The Labute approximate surface area is 193 Å². The van der Waals surface area contributed by atoms with Gasteiger partial charge in [0.2, 0.25) is 5.91 Å². The normalized spacial score (nSPS) is 10.7. The van der Waals surface area contributed by atoms with Crippen molar-refractivity contribution < 1.29 is 19.1 Å². The van der Waals surface area contributed by atoms with Gasteiger partial charge in [0.1, 0.15) is 10.8 Å². The average molecular weight is 464 g/mol. The molecule has 0 atom stereocenters. The maximum absolute atomic E-state index is 13.4. The Morgan fingerprint density at radius 1 is 1.12 bits per heavy atom. The molecule has 4 rings (SSSR count). The van der Waals surface area contributed by atoms with Gasteiger partial charge in [-0.3, -0.25) is 9.59 Å². The molecule has 168 valence electrons. The predicted molar refractivity (Wildman–Crippen MR) is 127 cm³/mol. The van der Waals surface area contributed by atoms with Crippen LogP contribution in [-0.4, -0.2) is 35.4 Å². The number of amides is 1. The number of benzene rings is 2. The molecular formula is C24H21N3O5S. The quantitative estimate of drug-likeness (QED) is 0.419. The van der Waals surface area contributed by atoms with E-state index in [1.165, 1.54) is 0 Å². The summed E-state index contributed by atoms with van der Waals surface area (Å²) >= 11 is 1.16. The highest BCUT2D eigenvalue weighted by atomic mass is 32.1. The monoisotopic (exact) mass is 463 g/mol. The molecule has 0 fully saturated rings. The topological polar surface area (TPSA) is 99.5 Å². The number of aromatic nitrogens is 2. The summed E-state index contributed by atoms with van der Waals surface area (Å²) in [5.74, 6) is -0.288. The molecule has 0 radical (unpaired) electrons. The van der Waals surface area contributed by atoms with E-state index in [4.69, 9.17) is 9.47 Å². The van der Waals surface area contributed by atoms with Gasteiger partial charge in [-0.05, 0) is 36.8 Å². The molecule has 2 heterocycles. The van der Waals surface area contributed by atoms with Gasteiger partial charge in [-0.25, -0.2) is 4.79 Å². The number of hydrogen-bond acceptors (Lipinski definition) is 7. The second-order valence-electron chi connectivity index (χ2n) is 7.05. The number of esters is 1. The number of carbonyl (C=O) groups is 2. The number of carbonyl (C=O) groups excluding carboxylic acids is 2. The van der Waals surface area contributed by atoms with Crippen LogP contribution in [0.3, 0.4) is 0 Å². The molecule has 1 amide bonds. The van der Waals surface area contributed by atoms with Crippen LogP contribution in [0.25, 0.3) is 16.5 Å². The zero-order chi connectivity index (χ0) is 23.4. The summed E-state index contributed by atoms with van der Waals surface area (Å²) in [6.07, 6.45) is 0.0965. The summed E-state index contributed by atoms with van der Waals surface area (Å²) in [6.45, 7) is 1.86. The highest BCUT2D eigenvalue weighted by Crippen LogP contribution is 2.31. The molecule has 2 aromatic carbocycles. The van der Waals surface area contributed by atoms with Crippen molar-refractivity contribution in [2.75, 3.05) is 19.0 Å². The van der Waals surface area contributed by atoms with E-state index in [1.54, 1.807) is 61.9 Å². The van der Waals surface area contributed by atoms with Crippen molar-refractivity contribution in [2.24, 2.45) is 0 Å². The van der Waals surface area contributed by atoms with Gasteiger partial charge in [-0.2, -0.15) is 9.78 Å². The standard InChI is InChI=1S/C24H21N3O5S/c1-3-32-24(30)21-18-14-33-22(25-19(28)13-15-8-7-11-17(12-15)31-2)20(18)23(29)27(26-21)16-9-5-4-6-10-16/h4-12,14H,3,13H2,1-2H3,(H,25,28). The molecular weight excluding hydrogens is 442 g/mol. The van der Waals surface area contributed by atoms with Crippen molar-refractivity contribution in [2.45, 2.75) is 13.3 Å². The molecule has 0 spiro atoms. The van der Waals surface area contributed by atoms with Crippen molar-refractivity contribution in [1.82, 2.24) is 9.78 Å². The van der Waals surface area contributed by atoms with E-state index in [1.807, 2.05) is 12.1 Å². The van der Waals surface area contributed by atoms with Gasteiger partial charge in [0.25, 0.3) is 5.56 Å². The minimum Gasteiger partial charge on any atom is -0.497 e. The summed E-state index contributed by atoms with van der Waals surface area (Å²) in [7, 11) is 1.56. The number of anilines is 1. The lowest BCUT2D eigenvalue weighted by Gasteiger charge is -2.10. The van der Waals surface area contributed by atoms with E-state index in [0.717, 1.165) is 21.6 Å². The maximum atomic E-state index is 13.4. The Bertz CT molecular complexity index is 1380. The molecule has 2 aromatic heterocycles. The first-order valence-corrected chi connectivity index (χ1v) is 11.1. The zero-order valence-electron chi connectivity index (χ0n) is 18.0. The Hall–Kier alpha value is -3.98. The number of methoxy groups -OCH3 is 1. The first-order valence-electron chi connectivity index (χ1n) is 10.2. The molecule has 0 bridgehead atoms. The zero-order valence-corrected chi connectivity index (χ0v) is 18.8. The fourth-order valence-electron chi connectivity index (χ4n) is 3.37. The number of nitrogens with zero attached hydrogens (tertiary/aromatic N) is 2. The smallest absolute Gasteiger partial charge is 0.359 e. The predicted octanol–water partition coefficient (Wildman–Crippen LogP) is 3.81. The van der Waals surface area contributed by atoms with Crippen LogP contribution in [0, 0.1) is 0 Å². The number of rotatable bonds is 7. The third-order valence-electron chi connectivity index (χ3n) is 4.87. The molecule has 0 saturated heterocycles. The van der Waals surface area contributed by atoms with E-state index in [2.05, 4.69) is 10.4 Å². The van der Waals surface area contributed by atoms with E-state index in [9.17, 15) is 14.4 Å². The summed E-state index contributed by atoms with van der Waals surface area (Å²) in [6, 6.07) is 16.0. The van der Waals surface area contributed by atoms with Gasteiger partial charge >= 0.3 is 5.97 Å². The summed E-state index contributed by atoms with van der Waals surface area (Å²) < 4.78 is 11.5. The van der Waals surface area contributed by atoms with Crippen LogP contribution in [0.1, 0.15) is 23.0 Å². The number of fused-ring (bicyclic) bond motifs is 1. The molecule has 33 heavy (non-hydrogen) atoms. The van der Waals surface area contributed by atoms with E-state index < -0.39 is 11.5 Å². The second kappa shape index (κ2) is 9.66. The van der Waals surface area contributed by atoms with Gasteiger partial charge in [0.15, 0.2) is 5.69 Å². The SMILES string of the molecule is CCOC(=O)c1nn(-c2ccccc2)c(=O)c2c(NC(=O)Cc3cccc(OC)c3)scc12. The molecule has 4 aromatic rings. The van der Waals surface area contributed by atoms with Gasteiger partial charge < -0.3 is 14.8 Å². The molecule has 0 saturated carbocycles. The van der Waals surface area contributed by atoms with Gasteiger partial charge in [-0.1, -0.05) is 30.3 Å². The highest BCUT2D eigenvalue weighted by molar-refractivity contribution is 7.16. The third-order valence-corrected chi connectivity index (χ3v) is 5.77. The molecule has 0 aliphatic heterocycles. The van der Waals surface area contributed by atoms with Crippen molar-refractivity contribution >= 4 is 39.0 Å². The van der Waals surface area contributed by atoms with Crippen LogP contribution in [-0.2, 0) is 16.0 Å². The first kappa shape index (κ1) is 22.2. The number of nitrogens with one attached hydrogen (secondary N) is 1. The number of hydrogen-bond donors (Lipinski definition) is 1. The minimum atomic E-state index is -0.640. The number of ether oxygens (including phenoxy) is 2. The van der Waals surface area contributed by atoms with Crippen LogP contribution in [0.4, 0.5) is 5.00 Å². The highest BCUT2D eigenvalue weighted by Gasteiger charge is 2.23. The lowest BCUT2D eigenvalue weighted by Crippen LogP contribution is -2.25. The Morgan fingerprint density at radius 2 is 1.91 bits per heavy atom. The van der Waals surface area contributed by atoms with Crippen molar-refractivity contribution in [3.8, 4) is 11.4 Å². The van der Waals surface area contributed by atoms with Crippen LogP contribution >= 0.6 is 11.3 Å². The summed E-state index contributed by atoms with van der Waals surface area (Å²) in [5.41, 5.74) is 0.833. The number of thiophene rings is 1. The maximum Gasteiger partial charge on any atom is 0.359 e. The average Bonchev–Trinajstić information content (AvgIpc) is 3.24. The molecule has 0 aliphatic carbocycles. The Balaban J connectivity index is 1.76. The molecule has 0 aliphatic rings. The van der Waals surface area contributed by atoms with Crippen LogP contribution in [0.5, 0.6) is 5.75 Å². The van der Waals surface area contributed by atoms with Crippen LogP contribution < -0.4 is 15.6 Å². The van der Waals surface area contributed by atoms with Crippen LogP contribution in [0.2, 0.25) is 0 Å². The molecule has 1 N–H and O–H groups in total. The largest absolute Gasteiger partial charge is 0.497 e. The fraction of sp³-hybridized carbons (Fsp3) is 0.167. The molecule has 0 unspecified atom stereocenters. The summed E-state index contributed by atoms with van der Waals surface area (Å²) in [5, 5.41) is 9.62. The van der Waals surface area contributed by atoms with Gasteiger partial charge in [0, 0.05) is 10.8 Å². The second-order valence-corrected chi connectivity index (χ2v) is 7.93. The number of para-hydroxylation sites is 1. The van der Waals surface area contributed by atoms with Crippen molar-refractivity contribution in [3.63, 3.8) is 0 Å². The van der Waals surface area contributed by atoms with E-state index >= 15 is 0 Å². The van der Waals surface area contributed by atoms with Gasteiger partial charge in [-0.15, -0.1) is 11.3 Å². The lowest BCUT2D eigenvalue weighted by molar-refractivity contribution is -0.115. The van der Waals surface area contributed by atoms with Crippen molar-refractivity contribution in [3.05, 3.63) is 81.6 Å². The third kappa shape index (κ3) is 4.63. The van der Waals surface area contributed by atoms with Crippen LogP contribution in [0.15, 0.2) is 64.8 Å². The summed E-state index contributed by atoms with van der Waals surface area (Å²) in [4.78, 5) is 38.7. The van der Waals surface area contributed by atoms with Gasteiger partial charge in [0.05, 0.1) is 31.2 Å². The van der Waals surface area contributed by atoms with E-state index in [0.29, 0.717) is 21.8 Å². The minimum absolute atomic E-state index is 0.0137. The first-order chi connectivity index (χ1) is 16.0. The molecule has 9 heteroatoms. The Morgan fingerprint density at radius 3 is 2.64 bits per heavy atom. The van der Waals surface area contributed by atoms with Crippen molar-refractivity contribution in [1.29, 1.82) is 0 Å².